The molecule has 0 bridgehead atoms. The topological polar surface area (TPSA) is 65.1 Å². The molecule has 0 aliphatic rings. The lowest BCUT2D eigenvalue weighted by Crippen LogP contribution is -2.43. The maximum absolute atomic E-state index is 7.75. The second kappa shape index (κ2) is 4.74. The van der Waals surface area contributed by atoms with Crippen molar-refractivity contribution in [2.75, 3.05) is 7.05 Å². The third kappa shape index (κ3) is 2.31. The van der Waals surface area contributed by atoms with E-state index >= 15 is 0 Å². The van der Waals surface area contributed by atoms with Gasteiger partial charge in [-0.1, -0.05) is 31.2 Å². The van der Waals surface area contributed by atoms with Gasteiger partial charge in [-0.15, -0.1) is 0 Å². The Hall–Kier alpha value is -1.39. The van der Waals surface area contributed by atoms with Crippen LogP contribution in [0.1, 0.15) is 18.1 Å². The van der Waals surface area contributed by atoms with Crippen LogP contribution >= 0.6 is 0 Å². The smallest absolute Gasteiger partial charge is 0.143 e. The maximum atomic E-state index is 7.75. The number of nitrogens with one attached hydrogen (secondary N) is 2. The number of nitrogens with zero attached hydrogens (tertiary/aromatic N) is 1. The van der Waals surface area contributed by atoms with Crippen molar-refractivity contribution in [3.05, 3.63) is 35.4 Å². The Bertz CT molecular complexity index is 304. The summed E-state index contributed by atoms with van der Waals surface area (Å²) in [5.74, 6) is 5.56. The van der Waals surface area contributed by atoms with Gasteiger partial charge in [0.25, 0.3) is 0 Å². The minimum atomic E-state index is 0.357. The lowest BCUT2D eigenvalue weighted by Gasteiger charge is -2.17. The van der Waals surface area contributed by atoms with E-state index < -0.39 is 0 Å². The Kier molecular flexibility index (Phi) is 3.62. The van der Waals surface area contributed by atoms with E-state index in [4.69, 9.17) is 11.3 Å². The van der Waals surface area contributed by atoms with E-state index in [1.165, 1.54) is 10.6 Å². The molecule has 0 aliphatic heterocycles. The molecular weight excluding hydrogens is 176 g/mol. The molecule has 0 aliphatic carbocycles. The van der Waals surface area contributed by atoms with Crippen molar-refractivity contribution in [2.45, 2.75) is 13.3 Å². The average molecular weight is 192 g/mol. The predicted molar refractivity (Wildman–Crippen MR) is 57.7 cm³/mol. The van der Waals surface area contributed by atoms with Crippen molar-refractivity contribution in [2.24, 2.45) is 5.84 Å². The van der Waals surface area contributed by atoms with Gasteiger partial charge in [0.1, 0.15) is 5.84 Å². The Morgan fingerprint density at radius 1 is 1.43 bits per heavy atom. The fourth-order valence-corrected chi connectivity index (χ4v) is 1.16. The van der Waals surface area contributed by atoms with Crippen LogP contribution in [0.4, 0.5) is 0 Å². The van der Waals surface area contributed by atoms with Crippen LogP contribution in [-0.4, -0.2) is 17.9 Å². The summed E-state index contributed by atoms with van der Waals surface area (Å²) >= 11 is 0. The number of amidine groups is 1. The molecule has 0 unspecified atom stereocenters. The van der Waals surface area contributed by atoms with E-state index in [1.54, 1.807) is 7.05 Å². The first kappa shape index (κ1) is 10.7. The number of nitrogens with two attached hydrogens (primary N) is 1. The summed E-state index contributed by atoms with van der Waals surface area (Å²) in [6, 6.07) is 7.90. The fraction of sp³-hybridized carbons (Fsp3) is 0.300. The molecule has 0 saturated heterocycles. The molecule has 0 atom stereocenters. The van der Waals surface area contributed by atoms with Gasteiger partial charge in [-0.2, -0.15) is 5.53 Å². The van der Waals surface area contributed by atoms with Crippen LogP contribution < -0.4 is 11.4 Å². The summed E-state index contributed by atoms with van der Waals surface area (Å²) in [4.78, 5) is 0. The lowest BCUT2D eigenvalue weighted by atomic mass is 10.1. The highest BCUT2D eigenvalue weighted by Gasteiger charge is 2.04. The molecule has 1 rings (SSSR count). The number of benzene rings is 1. The van der Waals surface area contributed by atoms with Crippen LogP contribution in [0.15, 0.2) is 24.3 Å². The van der Waals surface area contributed by atoms with Crippen molar-refractivity contribution in [1.29, 1.82) is 5.41 Å². The molecule has 4 heteroatoms. The lowest BCUT2D eigenvalue weighted by molar-refractivity contribution is 0.375. The van der Waals surface area contributed by atoms with Gasteiger partial charge < -0.3 is 0 Å². The van der Waals surface area contributed by atoms with Crippen LogP contribution in [0.5, 0.6) is 0 Å². The molecule has 0 amide bonds. The van der Waals surface area contributed by atoms with Crippen LogP contribution in [0.2, 0.25) is 0 Å². The van der Waals surface area contributed by atoms with Crippen LogP contribution in [0, 0.1) is 5.41 Å². The molecular formula is C10H16N4. The van der Waals surface area contributed by atoms with E-state index in [2.05, 4.69) is 12.5 Å². The second-order valence-corrected chi connectivity index (χ2v) is 3.09. The Morgan fingerprint density at radius 2 is 2.00 bits per heavy atom. The number of hydrogen-bond donors (Lipinski definition) is 3. The highest BCUT2D eigenvalue weighted by Crippen LogP contribution is 2.06. The quantitative estimate of drug-likeness (QED) is 0.288. The van der Waals surface area contributed by atoms with E-state index in [9.17, 15) is 0 Å². The molecule has 1 aromatic carbocycles. The van der Waals surface area contributed by atoms with Crippen molar-refractivity contribution < 1.29 is 0 Å². The third-order valence-electron chi connectivity index (χ3n) is 2.16. The monoisotopic (exact) mass is 192 g/mol. The predicted octanol–water partition coefficient (Wildman–Crippen LogP) is 0.884. The summed E-state index contributed by atoms with van der Waals surface area (Å²) in [7, 11) is 1.70. The molecule has 14 heavy (non-hydrogen) atoms. The average Bonchev–Trinajstić information content (AvgIpc) is 2.27. The zero-order valence-corrected chi connectivity index (χ0v) is 8.54. The maximum Gasteiger partial charge on any atom is 0.143 e. The minimum absolute atomic E-state index is 0.357. The molecule has 0 spiro atoms. The molecule has 4 N–H and O–H groups in total. The summed E-state index contributed by atoms with van der Waals surface area (Å²) in [5, 5.41) is 9.21. The van der Waals surface area contributed by atoms with Crippen molar-refractivity contribution in [1.82, 2.24) is 10.5 Å². The second-order valence-electron chi connectivity index (χ2n) is 3.09. The van der Waals surface area contributed by atoms with Gasteiger partial charge in [0.05, 0.1) is 0 Å². The Labute approximate surface area is 84.2 Å². The molecule has 0 radical (unpaired) electrons. The van der Waals surface area contributed by atoms with E-state index in [-0.39, 0.29) is 0 Å². The summed E-state index contributed by atoms with van der Waals surface area (Å²) < 4.78 is 0. The van der Waals surface area contributed by atoms with Gasteiger partial charge in [-0.3, -0.25) is 16.3 Å². The third-order valence-corrected chi connectivity index (χ3v) is 2.16. The van der Waals surface area contributed by atoms with E-state index in [1.807, 2.05) is 24.3 Å². The van der Waals surface area contributed by atoms with Crippen LogP contribution in [0.25, 0.3) is 0 Å². The Morgan fingerprint density at radius 3 is 2.43 bits per heavy atom. The minimum Gasteiger partial charge on any atom is -0.283 e. The van der Waals surface area contributed by atoms with Crippen molar-refractivity contribution in [3.8, 4) is 0 Å². The molecule has 0 aromatic heterocycles. The van der Waals surface area contributed by atoms with Crippen molar-refractivity contribution in [3.63, 3.8) is 0 Å². The van der Waals surface area contributed by atoms with Gasteiger partial charge in [0, 0.05) is 12.6 Å². The Balaban J connectivity index is 2.81. The summed E-state index contributed by atoms with van der Waals surface area (Å²) in [6.07, 6.45) is 1.01. The van der Waals surface area contributed by atoms with Crippen molar-refractivity contribution >= 4 is 5.84 Å². The zero-order valence-electron chi connectivity index (χ0n) is 8.54. The number of hydrogen-bond acceptors (Lipinski definition) is 3. The van der Waals surface area contributed by atoms with Gasteiger partial charge in [0.2, 0.25) is 0 Å². The molecule has 0 fully saturated rings. The number of hydrazine groups is 2. The summed E-state index contributed by atoms with van der Waals surface area (Å²) in [5.41, 5.74) is 4.52. The number of rotatable bonds is 3. The largest absolute Gasteiger partial charge is 0.283 e. The fourth-order valence-electron chi connectivity index (χ4n) is 1.16. The van der Waals surface area contributed by atoms with Crippen LogP contribution in [0.3, 0.4) is 0 Å². The van der Waals surface area contributed by atoms with Gasteiger partial charge >= 0.3 is 0 Å². The molecule has 0 saturated carbocycles. The molecule has 76 valence electrons. The summed E-state index contributed by atoms with van der Waals surface area (Å²) in [6.45, 7) is 2.11. The van der Waals surface area contributed by atoms with Gasteiger partial charge in [-0.25, -0.2) is 0 Å². The highest BCUT2D eigenvalue weighted by atomic mass is 15.6. The highest BCUT2D eigenvalue weighted by molar-refractivity contribution is 5.95. The normalized spacial score (nSPS) is 9.93. The first-order valence-electron chi connectivity index (χ1n) is 4.57. The standard InChI is InChI=1S/C10H16N4/c1-3-8-4-6-9(7-5-8)10(11)14(2)13-12/h4-7,11,13H,3,12H2,1-2H3. The SMILES string of the molecule is CCc1ccc(C(=N)N(C)NN)cc1. The first-order valence-corrected chi connectivity index (χ1v) is 4.57. The zero-order chi connectivity index (χ0) is 10.6. The molecule has 1 aromatic rings. The van der Waals surface area contributed by atoms with E-state index in [0.717, 1.165) is 12.0 Å². The molecule has 0 heterocycles. The number of aryl methyl sites for hydroxylation is 1. The van der Waals surface area contributed by atoms with Gasteiger partial charge in [-0.05, 0) is 12.0 Å². The van der Waals surface area contributed by atoms with Crippen LogP contribution in [-0.2, 0) is 6.42 Å². The first-order chi connectivity index (χ1) is 6.69. The van der Waals surface area contributed by atoms with E-state index in [0.29, 0.717) is 5.84 Å². The molecule has 4 nitrogen and oxygen atoms in total. The van der Waals surface area contributed by atoms with Gasteiger partial charge in [0.15, 0.2) is 0 Å².